The molecule has 0 saturated heterocycles. The van der Waals surface area contributed by atoms with E-state index in [-0.39, 0.29) is 30.9 Å². The Kier molecular flexibility index (Phi) is 11.0. The molecule has 14 heteroatoms. The minimum Gasteiger partial charge on any atom is -0.508 e. The van der Waals surface area contributed by atoms with E-state index in [0.717, 1.165) is 33.4 Å². The van der Waals surface area contributed by atoms with Gasteiger partial charge in [-0.2, -0.15) is 4.98 Å². The number of nitrogens with one attached hydrogen (secondary N) is 2. The van der Waals surface area contributed by atoms with Crippen molar-refractivity contribution in [3.8, 4) is 16.9 Å². The van der Waals surface area contributed by atoms with E-state index in [1.807, 2.05) is 56.3 Å². The van der Waals surface area contributed by atoms with Crippen molar-refractivity contribution >= 4 is 17.8 Å². The number of amides is 2. The lowest BCUT2D eigenvalue weighted by atomic mass is 9.75. The van der Waals surface area contributed by atoms with Crippen LogP contribution in [0, 0.1) is 19.8 Å². The van der Waals surface area contributed by atoms with Gasteiger partial charge < -0.3 is 41.7 Å². The molecule has 0 aliphatic rings. The summed E-state index contributed by atoms with van der Waals surface area (Å²) in [5.74, 6) is -1.45. The monoisotopic (exact) mass is 716 g/mol. The van der Waals surface area contributed by atoms with Crippen molar-refractivity contribution in [2.75, 3.05) is 5.73 Å². The zero-order chi connectivity index (χ0) is 37.5. The highest BCUT2D eigenvalue weighted by atomic mass is 16.5. The first-order valence-corrected chi connectivity index (χ1v) is 17.4. The van der Waals surface area contributed by atoms with E-state index in [4.69, 9.17) is 21.7 Å². The average molecular weight is 717 g/mol. The Morgan fingerprint density at radius 3 is 2.40 bits per heavy atom. The Bertz CT molecular complexity index is 2120. The number of rotatable bonds is 16. The molecular weight excluding hydrogens is 672 g/mol. The first-order valence-electron chi connectivity index (χ1n) is 17.4. The van der Waals surface area contributed by atoms with Crippen LogP contribution >= 0.6 is 0 Å². The summed E-state index contributed by atoms with van der Waals surface area (Å²) in [6.45, 7) is 4.07. The summed E-state index contributed by atoms with van der Waals surface area (Å²) in [5.41, 5.74) is 23.3. The van der Waals surface area contributed by atoms with Crippen LogP contribution in [0.5, 0.6) is 5.75 Å². The fourth-order valence-electron chi connectivity index (χ4n) is 6.74. The van der Waals surface area contributed by atoms with Gasteiger partial charge in [0.15, 0.2) is 11.8 Å². The summed E-state index contributed by atoms with van der Waals surface area (Å²) in [7, 11) is 0. The minimum absolute atomic E-state index is 0.0707. The van der Waals surface area contributed by atoms with Crippen molar-refractivity contribution in [3.63, 3.8) is 0 Å². The number of carbonyl (C=O) groups is 2. The number of hydrogen-bond acceptors (Lipinski definition) is 10. The highest BCUT2D eigenvalue weighted by Crippen LogP contribution is 2.31. The van der Waals surface area contributed by atoms with Gasteiger partial charge in [0, 0.05) is 43.7 Å². The van der Waals surface area contributed by atoms with Crippen molar-refractivity contribution in [1.29, 1.82) is 0 Å². The fraction of sp³-hybridized carbons (Fsp3) is 0.282. The lowest BCUT2D eigenvalue weighted by molar-refractivity contribution is -0.135. The Morgan fingerprint density at radius 1 is 1.04 bits per heavy atom. The number of aromatic amines is 1. The van der Waals surface area contributed by atoms with E-state index < -0.39 is 29.3 Å². The molecule has 6 aromatic rings. The van der Waals surface area contributed by atoms with Crippen LogP contribution in [0.25, 0.3) is 11.1 Å². The lowest BCUT2D eigenvalue weighted by Gasteiger charge is -2.35. The smallest absolute Gasteiger partial charge is 0.249 e. The minimum atomic E-state index is -1.78. The van der Waals surface area contributed by atoms with Crippen LogP contribution in [0.1, 0.15) is 58.5 Å². The molecule has 0 saturated carbocycles. The van der Waals surface area contributed by atoms with Gasteiger partial charge >= 0.3 is 0 Å². The van der Waals surface area contributed by atoms with Crippen LogP contribution in [-0.2, 0) is 35.4 Å². The molecule has 1 unspecified atom stereocenters. The van der Waals surface area contributed by atoms with Gasteiger partial charge in [0.1, 0.15) is 17.3 Å². The summed E-state index contributed by atoms with van der Waals surface area (Å²) < 4.78 is 7.49. The van der Waals surface area contributed by atoms with Gasteiger partial charge in [-0.05, 0) is 78.6 Å². The first-order chi connectivity index (χ1) is 25.5. The van der Waals surface area contributed by atoms with E-state index in [0.29, 0.717) is 36.9 Å². The summed E-state index contributed by atoms with van der Waals surface area (Å²) >= 11 is 0. The summed E-state index contributed by atoms with van der Waals surface area (Å²) in [6, 6.07) is 20.6. The number of nitrogen functional groups attached to an aromatic ring is 1. The predicted molar refractivity (Wildman–Crippen MR) is 199 cm³/mol. The number of primary amides is 1. The van der Waals surface area contributed by atoms with Crippen molar-refractivity contribution in [3.05, 3.63) is 131 Å². The molecule has 0 aliphatic carbocycles. The van der Waals surface area contributed by atoms with E-state index >= 15 is 0 Å². The van der Waals surface area contributed by atoms with Crippen LogP contribution in [0.4, 0.5) is 5.95 Å². The van der Waals surface area contributed by atoms with Crippen LogP contribution in [0.2, 0.25) is 0 Å². The number of phenols is 1. The predicted octanol–water partition coefficient (Wildman–Crippen LogP) is 4.07. The molecule has 3 aromatic carbocycles. The number of H-pyrrole nitrogens is 1. The molecule has 53 heavy (non-hydrogen) atoms. The topological polar surface area (TPSA) is 230 Å². The number of anilines is 1. The number of phenolic OH excluding ortho intramolecular Hbond substituents is 1. The van der Waals surface area contributed by atoms with Gasteiger partial charge in [-0.1, -0.05) is 59.8 Å². The normalized spacial score (nSPS) is 13.6. The molecule has 3 aromatic heterocycles. The number of nitrogens with two attached hydrogens (primary N) is 3. The maximum Gasteiger partial charge on any atom is 0.249 e. The number of aromatic nitrogens is 6. The highest BCUT2D eigenvalue weighted by Gasteiger charge is 2.45. The van der Waals surface area contributed by atoms with E-state index in [1.165, 1.54) is 6.33 Å². The third-order valence-electron chi connectivity index (χ3n) is 9.72. The maximum atomic E-state index is 14.6. The number of aromatic hydroxyl groups is 1. The Balaban J connectivity index is 1.28. The molecule has 274 valence electrons. The molecule has 0 fully saturated rings. The number of carbonyl (C=O) groups excluding carboxylic acids is 2. The number of nitrogens with zero attached hydrogens (tertiary/aromatic N) is 5. The molecule has 0 radical (unpaired) electrons. The molecule has 6 rings (SSSR count). The highest BCUT2D eigenvalue weighted by molar-refractivity contribution is 5.93. The van der Waals surface area contributed by atoms with Crippen molar-refractivity contribution in [1.82, 2.24) is 35.0 Å². The zero-order valence-electron chi connectivity index (χ0n) is 29.7. The second-order valence-corrected chi connectivity index (χ2v) is 13.4. The number of aryl methyl sites for hydroxylation is 3. The van der Waals surface area contributed by atoms with Gasteiger partial charge in [0.05, 0.1) is 12.2 Å². The fourth-order valence-corrected chi connectivity index (χ4v) is 6.74. The SMILES string of the molecule is Cc1cc(O)cc(C)c1C[C@H](C(=O)N[C@@H](Cc1cnc[nH]1)c1nc(Cc2ccc(-c3ccccc3)cc2)no1)C(N)(CCCn1ccnc1N)C(N)=O. The largest absolute Gasteiger partial charge is 0.508 e. The van der Waals surface area contributed by atoms with Gasteiger partial charge in [-0.3, -0.25) is 9.59 Å². The van der Waals surface area contributed by atoms with Crippen LogP contribution in [0.15, 0.2) is 96.2 Å². The average Bonchev–Trinajstić information content (AvgIpc) is 3.92. The molecule has 0 bridgehead atoms. The lowest BCUT2D eigenvalue weighted by Crippen LogP contribution is -2.62. The van der Waals surface area contributed by atoms with E-state index in [9.17, 15) is 14.7 Å². The summed E-state index contributed by atoms with van der Waals surface area (Å²) in [4.78, 5) is 43.8. The second kappa shape index (κ2) is 15.9. The third kappa shape index (κ3) is 8.61. The van der Waals surface area contributed by atoms with Gasteiger partial charge in [-0.25, -0.2) is 9.97 Å². The van der Waals surface area contributed by atoms with Gasteiger partial charge in [0.2, 0.25) is 17.7 Å². The molecule has 14 nitrogen and oxygen atoms in total. The molecule has 3 heterocycles. The van der Waals surface area contributed by atoms with Crippen LogP contribution in [0.3, 0.4) is 0 Å². The van der Waals surface area contributed by atoms with Crippen LogP contribution < -0.4 is 22.5 Å². The Hall–Kier alpha value is -6.28. The number of imidazole rings is 2. The molecule has 0 spiro atoms. The standard InChI is InChI=1S/C39H44N10O4/c1-24-17-30(50)18-25(2)31(24)21-32(39(42,37(40)52)13-6-15-49-16-14-44-38(49)41)35(51)46-33(20-29-22-43-23-45-29)36-47-34(48-53-36)19-26-9-11-28(12-10-26)27-7-4-3-5-8-27/h3-5,7-12,14,16-18,22-23,32-33,50H,6,13,15,19-21,42H2,1-2H3,(H2,40,52)(H2,41,44)(H,43,45)(H,46,51)/t32-,33+,39?/m1/s1. The van der Waals surface area contributed by atoms with Crippen molar-refractivity contribution in [2.45, 2.75) is 64.1 Å². The number of benzene rings is 3. The summed E-state index contributed by atoms with van der Waals surface area (Å²) in [6.07, 6.45) is 7.65. The zero-order valence-corrected chi connectivity index (χ0v) is 29.7. The van der Waals surface area contributed by atoms with Crippen LogP contribution in [-0.4, -0.2) is 52.1 Å². The molecular formula is C39H44N10O4. The molecule has 2 amide bonds. The van der Waals surface area contributed by atoms with Crippen molar-refractivity contribution < 1.29 is 19.2 Å². The van der Waals surface area contributed by atoms with E-state index in [1.54, 1.807) is 35.3 Å². The Labute approximate surface area is 306 Å². The van der Waals surface area contributed by atoms with Gasteiger partial charge in [0.25, 0.3) is 0 Å². The third-order valence-corrected chi connectivity index (χ3v) is 9.72. The van der Waals surface area contributed by atoms with Gasteiger partial charge in [-0.15, -0.1) is 0 Å². The summed E-state index contributed by atoms with van der Waals surface area (Å²) in [5, 5.41) is 17.5. The second-order valence-electron chi connectivity index (χ2n) is 13.4. The Morgan fingerprint density at radius 2 is 1.75 bits per heavy atom. The molecule has 3 atom stereocenters. The van der Waals surface area contributed by atoms with Crippen molar-refractivity contribution in [2.24, 2.45) is 17.4 Å². The molecule has 9 N–H and O–H groups in total. The first kappa shape index (κ1) is 36.5. The number of hydrogen-bond donors (Lipinski definition) is 6. The molecule has 0 aliphatic heterocycles. The quantitative estimate of drug-likeness (QED) is 0.0841. The van der Waals surface area contributed by atoms with E-state index in [2.05, 4.69) is 42.5 Å². The maximum absolute atomic E-state index is 14.6.